The maximum atomic E-state index is 12.5. The predicted octanol–water partition coefficient (Wildman–Crippen LogP) is 1.97. The fourth-order valence-electron chi connectivity index (χ4n) is 3.67. The van der Waals surface area contributed by atoms with Gasteiger partial charge in [0.1, 0.15) is 5.69 Å². The van der Waals surface area contributed by atoms with E-state index in [2.05, 4.69) is 44.4 Å². The summed E-state index contributed by atoms with van der Waals surface area (Å²) in [7, 11) is 1.34. The number of ether oxygens (including phenoxy) is 1. The van der Waals surface area contributed by atoms with Crippen LogP contribution < -0.4 is 10.2 Å². The van der Waals surface area contributed by atoms with Gasteiger partial charge in [-0.05, 0) is 31.5 Å². The van der Waals surface area contributed by atoms with E-state index in [-0.39, 0.29) is 5.91 Å². The number of hydrogen-bond donors (Lipinski definition) is 2. The molecule has 2 aromatic rings. The Kier molecular flexibility index (Phi) is 6.36. The van der Waals surface area contributed by atoms with Gasteiger partial charge in [-0.15, -0.1) is 0 Å². The number of aryl methyl sites for hydroxylation is 1. The zero-order valence-electron chi connectivity index (χ0n) is 16.7. The van der Waals surface area contributed by atoms with Gasteiger partial charge in [0, 0.05) is 50.6 Å². The Hall–Kier alpha value is -2.80. The Morgan fingerprint density at radius 3 is 2.43 bits per heavy atom. The van der Waals surface area contributed by atoms with Gasteiger partial charge in [-0.25, -0.2) is 4.79 Å². The second-order valence-electron chi connectivity index (χ2n) is 7.04. The highest BCUT2D eigenvalue weighted by Gasteiger charge is 2.22. The maximum absolute atomic E-state index is 12.5. The topological polar surface area (TPSA) is 77.7 Å². The van der Waals surface area contributed by atoms with Gasteiger partial charge in [0.05, 0.1) is 12.7 Å². The Labute approximate surface area is 165 Å². The summed E-state index contributed by atoms with van der Waals surface area (Å²) in [6.45, 7) is 8.79. The van der Waals surface area contributed by atoms with Gasteiger partial charge in [0.15, 0.2) is 0 Å². The molecule has 0 saturated carbocycles. The van der Waals surface area contributed by atoms with Crippen LogP contribution in [-0.2, 0) is 4.74 Å². The summed E-state index contributed by atoms with van der Waals surface area (Å²) in [4.78, 5) is 32.1. The molecule has 1 aromatic heterocycles. The molecule has 1 aliphatic heterocycles. The normalized spacial score (nSPS) is 14.8. The highest BCUT2D eigenvalue weighted by Crippen LogP contribution is 2.19. The molecule has 1 fully saturated rings. The van der Waals surface area contributed by atoms with Crippen molar-refractivity contribution in [2.75, 3.05) is 51.3 Å². The van der Waals surface area contributed by atoms with Crippen LogP contribution >= 0.6 is 0 Å². The number of nitrogens with one attached hydrogen (secondary N) is 2. The van der Waals surface area contributed by atoms with Crippen molar-refractivity contribution in [3.8, 4) is 0 Å². The molecule has 2 N–H and O–H groups in total. The zero-order valence-corrected chi connectivity index (χ0v) is 16.7. The molecule has 1 aromatic carbocycles. The van der Waals surface area contributed by atoms with E-state index in [9.17, 15) is 9.59 Å². The first-order valence-electron chi connectivity index (χ1n) is 9.59. The van der Waals surface area contributed by atoms with Gasteiger partial charge in [0.2, 0.25) is 0 Å². The van der Waals surface area contributed by atoms with Gasteiger partial charge in [0.25, 0.3) is 5.91 Å². The SMILES string of the molecule is COC(=O)c1c(C)[nH]c(C(=O)NCCN2CCN(c3ccccc3)CC2)c1C. The molecule has 1 saturated heterocycles. The van der Waals surface area contributed by atoms with Crippen molar-refractivity contribution in [3.63, 3.8) is 0 Å². The van der Waals surface area contributed by atoms with Gasteiger partial charge >= 0.3 is 5.97 Å². The fourth-order valence-corrected chi connectivity index (χ4v) is 3.67. The summed E-state index contributed by atoms with van der Waals surface area (Å²) in [6, 6.07) is 10.4. The van der Waals surface area contributed by atoms with E-state index in [1.807, 2.05) is 6.07 Å². The van der Waals surface area contributed by atoms with E-state index in [0.29, 0.717) is 29.1 Å². The van der Waals surface area contributed by atoms with Crippen molar-refractivity contribution in [1.29, 1.82) is 0 Å². The molecule has 150 valence electrons. The minimum absolute atomic E-state index is 0.196. The minimum Gasteiger partial charge on any atom is -0.465 e. The molecule has 1 amide bonds. The van der Waals surface area contributed by atoms with Crippen LogP contribution in [0, 0.1) is 13.8 Å². The number of aromatic nitrogens is 1. The van der Waals surface area contributed by atoms with Crippen molar-refractivity contribution in [2.45, 2.75) is 13.8 Å². The van der Waals surface area contributed by atoms with Crippen LogP contribution in [0.3, 0.4) is 0 Å². The molecule has 0 radical (unpaired) electrons. The van der Waals surface area contributed by atoms with Crippen LogP contribution in [0.4, 0.5) is 5.69 Å². The first-order valence-corrected chi connectivity index (χ1v) is 9.59. The first kappa shape index (κ1) is 19.9. The first-order chi connectivity index (χ1) is 13.5. The van der Waals surface area contributed by atoms with Crippen molar-refractivity contribution >= 4 is 17.6 Å². The quantitative estimate of drug-likeness (QED) is 0.745. The molecule has 2 heterocycles. The monoisotopic (exact) mass is 384 g/mol. The summed E-state index contributed by atoms with van der Waals surface area (Å²) in [5.41, 5.74) is 3.38. The molecule has 0 spiro atoms. The summed E-state index contributed by atoms with van der Waals surface area (Å²) < 4.78 is 4.79. The Balaban J connectivity index is 1.47. The zero-order chi connectivity index (χ0) is 20.1. The summed E-state index contributed by atoms with van der Waals surface area (Å²) in [5.74, 6) is -0.625. The Morgan fingerprint density at radius 1 is 1.11 bits per heavy atom. The molecule has 0 atom stereocenters. The lowest BCUT2D eigenvalue weighted by molar-refractivity contribution is 0.0599. The summed E-state index contributed by atoms with van der Waals surface area (Å²) in [6.07, 6.45) is 0. The molecule has 0 unspecified atom stereocenters. The second kappa shape index (κ2) is 8.93. The van der Waals surface area contributed by atoms with Gasteiger partial charge < -0.3 is 19.9 Å². The second-order valence-corrected chi connectivity index (χ2v) is 7.04. The van der Waals surface area contributed by atoms with Crippen LogP contribution in [0.2, 0.25) is 0 Å². The van der Waals surface area contributed by atoms with Gasteiger partial charge in [-0.2, -0.15) is 0 Å². The van der Waals surface area contributed by atoms with Crippen LogP contribution in [0.5, 0.6) is 0 Å². The number of carbonyl (C=O) groups is 2. The third kappa shape index (κ3) is 4.36. The van der Waals surface area contributed by atoms with Gasteiger partial charge in [-0.1, -0.05) is 18.2 Å². The standard InChI is InChI=1S/C21H28N4O3/c1-15-18(21(27)28-3)16(2)23-19(15)20(26)22-9-10-24-11-13-25(14-12-24)17-7-5-4-6-8-17/h4-8,23H,9-14H2,1-3H3,(H,22,26). The molecule has 0 aliphatic carbocycles. The Morgan fingerprint density at radius 2 is 1.79 bits per heavy atom. The largest absolute Gasteiger partial charge is 0.465 e. The van der Waals surface area contributed by atoms with Crippen LogP contribution in [-0.4, -0.2) is 68.1 Å². The number of amides is 1. The maximum Gasteiger partial charge on any atom is 0.339 e. The number of piperazine rings is 1. The van der Waals surface area contributed by atoms with Crippen molar-refractivity contribution in [2.24, 2.45) is 0 Å². The highest BCUT2D eigenvalue weighted by molar-refractivity contribution is 6.00. The van der Waals surface area contributed by atoms with E-state index in [1.54, 1.807) is 13.8 Å². The average molecular weight is 384 g/mol. The van der Waals surface area contributed by atoms with Crippen molar-refractivity contribution < 1.29 is 14.3 Å². The number of rotatable bonds is 6. The van der Waals surface area contributed by atoms with Crippen LogP contribution in [0.15, 0.2) is 30.3 Å². The Bertz CT molecular complexity index is 824. The lowest BCUT2D eigenvalue weighted by Gasteiger charge is -2.36. The van der Waals surface area contributed by atoms with Crippen LogP contribution in [0.25, 0.3) is 0 Å². The van der Waals surface area contributed by atoms with E-state index >= 15 is 0 Å². The van der Waals surface area contributed by atoms with E-state index in [4.69, 9.17) is 4.74 Å². The lowest BCUT2D eigenvalue weighted by Crippen LogP contribution is -2.48. The minimum atomic E-state index is -0.429. The molecule has 1 aliphatic rings. The summed E-state index contributed by atoms with van der Waals surface area (Å²) in [5, 5.41) is 2.95. The fraction of sp³-hybridized carbons (Fsp3) is 0.429. The number of nitrogens with zero attached hydrogens (tertiary/aromatic N) is 2. The third-order valence-corrected chi connectivity index (χ3v) is 5.26. The number of anilines is 1. The number of methoxy groups -OCH3 is 1. The van der Waals surface area contributed by atoms with Crippen molar-refractivity contribution in [3.05, 3.63) is 52.8 Å². The number of para-hydroxylation sites is 1. The summed E-state index contributed by atoms with van der Waals surface area (Å²) >= 11 is 0. The molecule has 0 bridgehead atoms. The van der Waals surface area contributed by atoms with E-state index in [0.717, 1.165) is 32.7 Å². The molecule has 3 rings (SSSR count). The highest BCUT2D eigenvalue weighted by atomic mass is 16.5. The number of hydrogen-bond acceptors (Lipinski definition) is 5. The van der Waals surface area contributed by atoms with Crippen molar-refractivity contribution in [1.82, 2.24) is 15.2 Å². The van der Waals surface area contributed by atoms with Gasteiger partial charge in [-0.3, -0.25) is 9.69 Å². The molecule has 7 heteroatoms. The smallest absolute Gasteiger partial charge is 0.339 e. The van der Waals surface area contributed by atoms with E-state index in [1.165, 1.54) is 12.8 Å². The molecule has 7 nitrogen and oxygen atoms in total. The number of aromatic amines is 1. The molecular weight excluding hydrogens is 356 g/mol. The number of carbonyl (C=O) groups excluding carboxylic acids is 2. The predicted molar refractivity (Wildman–Crippen MR) is 109 cm³/mol. The number of esters is 1. The number of H-pyrrole nitrogens is 1. The lowest BCUT2D eigenvalue weighted by atomic mass is 10.1. The van der Waals surface area contributed by atoms with Crippen LogP contribution in [0.1, 0.15) is 32.1 Å². The molecule has 28 heavy (non-hydrogen) atoms. The third-order valence-electron chi connectivity index (χ3n) is 5.26. The number of benzene rings is 1. The average Bonchev–Trinajstić information content (AvgIpc) is 3.02. The molecular formula is C21H28N4O3. The van der Waals surface area contributed by atoms with E-state index < -0.39 is 5.97 Å².